The molecule has 1 saturated carbocycles. The molecule has 4 atom stereocenters. The maximum absolute atomic E-state index is 11.3. The van der Waals surface area contributed by atoms with Gasteiger partial charge in [-0.1, -0.05) is 36.4 Å². The largest absolute Gasteiger partial charge is 0.519 e. The van der Waals surface area contributed by atoms with Crippen molar-refractivity contribution >= 4 is 6.16 Å². The molecule has 198 valence electrons. The molecule has 0 spiro atoms. The van der Waals surface area contributed by atoms with E-state index < -0.39 is 18.4 Å². The second-order valence-corrected chi connectivity index (χ2v) is 9.06. The van der Waals surface area contributed by atoms with Gasteiger partial charge in [0.1, 0.15) is 35.9 Å². The van der Waals surface area contributed by atoms with Crippen LogP contribution in [0.5, 0.6) is 11.5 Å². The Labute approximate surface area is 211 Å². The number of ether oxygens (including phenoxy) is 4. The monoisotopic (exact) mass is 504 g/mol. The average Bonchev–Trinajstić information content (AvgIpc) is 3.48. The summed E-state index contributed by atoms with van der Waals surface area (Å²) in [6.45, 7) is 1.23. The number of hydrogen-bond donors (Lipinski definition) is 4. The first-order valence-electron chi connectivity index (χ1n) is 12.3. The summed E-state index contributed by atoms with van der Waals surface area (Å²) in [7, 11) is 0. The Morgan fingerprint density at radius 3 is 1.39 bits per heavy atom. The van der Waals surface area contributed by atoms with E-state index in [1.54, 1.807) is 48.5 Å². The van der Waals surface area contributed by atoms with Crippen molar-refractivity contribution in [2.45, 2.75) is 50.1 Å². The Morgan fingerprint density at radius 1 is 0.694 bits per heavy atom. The van der Waals surface area contributed by atoms with Crippen molar-refractivity contribution in [3.05, 3.63) is 60.7 Å². The molecule has 4 N–H and O–H groups in total. The summed E-state index contributed by atoms with van der Waals surface area (Å²) in [6, 6.07) is 17.6. The van der Waals surface area contributed by atoms with Crippen molar-refractivity contribution in [1.82, 2.24) is 0 Å². The highest BCUT2D eigenvalue weighted by molar-refractivity contribution is 5.66. The number of hydrogen-bond acceptors (Lipinski definition) is 9. The maximum atomic E-state index is 11.3. The lowest BCUT2D eigenvalue weighted by Gasteiger charge is -2.25. The molecule has 0 bridgehead atoms. The van der Waals surface area contributed by atoms with Crippen LogP contribution in [0.15, 0.2) is 60.7 Å². The predicted molar refractivity (Wildman–Crippen MR) is 131 cm³/mol. The zero-order valence-electron chi connectivity index (χ0n) is 20.2. The molecule has 0 amide bonds. The molecule has 5 rings (SSSR count). The van der Waals surface area contributed by atoms with Crippen LogP contribution in [-0.2, 0) is 9.47 Å². The van der Waals surface area contributed by atoms with Crippen molar-refractivity contribution in [1.29, 1.82) is 0 Å². The number of rotatable bonds is 4. The van der Waals surface area contributed by atoms with Crippen molar-refractivity contribution in [2.24, 2.45) is 11.8 Å². The van der Waals surface area contributed by atoms with Crippen LogP contribution in [0, 0.1) is 11.8 Å². The summed E-state index contributed by atoms with van der Waals surface area (Å²) >= 11 is 0. The third-order valence-electron chi connectivity index (χ3n) is 6.37. The molecule has 9 nitrogen and oxygen atoms in total. The summed E-state index contributed by atoms with van der Waals surface area (Å²) < 4.78 is 20.1. The first kappa shape index (κ1) is 28.0. The minimum atomic E-state index is -0.739. The maximum Gasteiger partial charge on any atom is 0.519 e. The Bertz CT molecular complexity index is 800. The Hall–Kier alpha value is -2.53. The second kappa shape index (κ2) is 14.9. The zero-order valence-corrected chi connectivity index (χ0v) is 20.2. The third-order valence-corrected chi connectivity index (χ3v) is 6.37. The number of fused-ring (bicyclic) bond motifs is 1. The van der Waals surface area contributed by atoms with Crippen LogP contribution >= 0.6 is 0 Å². The van der Waals surface area contributed by atoms with Gasteiger partial charge in [0, 0.05) is 13.2 Å². The van der Waals surface area contributed by atoms with Gasteiger partial charge in [-0.15, -0.1) is 0 Å². The fourth-order valence-corrected chi connectivity index (χ4v) is 4.25. The predicted octanol–water partition coefficient (Wildman–Crippen LogP) is 2.55. The van der Waals surface area contributed by atoms with E-state index in [-0.39, 0.29) is 25.4 Å². The van der Waals surface area contributed by atoms with E-state index in [4.69, 9.17) is 39.4 Å². The van der Waals surface area contributed by atoms with Gasteiger partial charge >= 0.3 is 6.16 Å². The van der Waals surface area contributed by atoms with Gasteiger partial charge in [-0.3, -0.25) is 0 Å². The van der Waals surface area contributed by atoms with Crippen LogP contribution in [-0.4, -0.2) is 77.4 Å². The van der Waals surface area contributed by atoms with Crippen molar-refractivity contribution in [2.75, 3.05) is 26.4 Å². The molecule has 1 aliphatic carbocycles. The number of aliphatic hydroxyl groups is 4. The van der Waals surface area contributed by atoms with Crippen molar-refractivity contribution < 1.29 is 44.2 Å². The first-order valence-corrected chi connectivity index (χ1v) is 12.3. The quantitative estimate of drug-likeness (QED) is 0.366. The van der Waals surface area contributed by atoms with Crippen LogP contribution in [0.3, 0.4) is 0 Å². The lowest BCUT2D eigenvalue weighted by Crippen LogP contribution is -2.30. The zero-order chi connectivity index (χ0) is 25.8. The molecular weight excluding hydrogens is 468 g/mol. The van der Waals surface area contributed by atoms with E-state index >= 15 is 0 Å². The smallest absolute Gasteiger partial charge is 0.396 e. The first-order chi connectivity index (χ1) is 17.5. The van der Waals surface area contributed by atoms with E-state index in [2.05, 4.69) is 0 Å². The molecule has 0 aromatic heterocycles. The summed E-state index contributed by atoms with van der Waals surface area (Å²) in [5.41, 5.74) is 0. The molecule has 3 aliphatic rings. The third kappa shape index (κ3) is 8.85. The molecule has 3 fully saturated rings. The van der Waals surface area contributed by atoms with Crippen LogP contribution in [0.25, 0.3) is 0 Å². The van der Waals surface area contributed by atoms with E-state index in [1.807, 2.05) is 12.1 Å². The lowest BCUT2D eigenvalue weighted by atomic mass is 9.83. The fourth-order valence-electron chi connectivity index (χ4n) is 4.25. The number of para-hydroxylation sites is 2. The Kier molecular flexibility index (Phi) is 11.6. The van der Waals surface area contributed by atoms with Crippen molar-refractivity contribution in [3.8, 4) is 11.5 Å². The molecule has 2 saturated heterocycles. The number of aliphatic hydroxyl groups excluding tert-OH is 4. The Morgan fingerprint density at radius 2 is 1.06 bits per heavy atom. The van der Waals surface area contributed by atoms with Crippen LogP contribution in [0.1, 0.15) is 25.7 Å². The van der Waals surface area contributed by atoms with Gasteiger partial charge in [-0.05, 0) is 61.8 Å². The standard InChI is InChI=1S/C13H10O3.C8H16O2.C6H10O4/c14-13(15-11-7-3-1-4-8-11)16-12-9-5-2-6-10-12;9-5-7-1-2-8(6-10)4-3-7;7-3-1-9-6-4(8)2-10-5(3)6/h1-10H;7-10H,1-6H2;3-8H,1-2H2/t;;3-,4+,5-,6-/m..1/s1. The Balaban J connectivity index is 0.000000157. The molecule has 36 heavy (non-hydrogen) atoms. The lowest BCUT2D eigenvalue weighted by molar-refractivity contribution is 0.00205. The molecule has 0 radical (unpaired) electrons. The highest BCUT2D eigenvalue weighted by Gasteiger charge is 2.46. The highest BCUT2D eigenvalue weighted by Crippen LogP contribution is 2.28. The SMILES string of the molecule is O=C(Oc1ccccc1)Oc1ccccc1.OCC1CCC(CO)CC1.O[C@@H]1CO[C@H]2[C@@H]1OC[C@@H]2O. The highest BCUT2D eigenvalue weighted by atomic mass is 16.7. The average molecular weight is 505 g/mol. The molecular formula is C27H36O9. The van der Waals surface area contributed by atoms with Gasteiger partial charge in [0.15, 0.2) is 0 Å². The molecule has 2 heterocycles. The summed E-state index contributed by atoms with van der Waals surface area (Å²) in [5.74, 6) is 1.96. The minimum Gasteiger partial charge on any atom is -0.396 e. The van der Waals surface area contributed by atoms with E-state index in [9.17, 15) is 4.79 Å². The number of carbonyl (C=O) groups is 1. The van der Waals surface area contributed by atoms with E-state index in [0.29, 0.717) is 36.5 Å². The van der Waals surface area contributed by atoms with Gasteiger partial charge < -0.3 is 39.4 Å². The summed E-state index contributed by atoms with van der Waals surface area (Å²) in [4.78, 5) is 11.3. The molecule has 9 heteroatoms. The van der Waals surface area contributed by atoms with Gasteiger partial charge in [0.2, 0.25) is 0 Å². The van der Waals surface area contributed by atoms with E-state index in [1.165, 1.54) is 0 Å². The van der Waals surface area contributed by atoms with E-state index in [0.717, 1.165) is 25.7 Å². The minimum absolute atomic E-state index is 0.284. The molecule has 2 aliphatic heterocycles. The number of carbonyl (C=O) groups excluding carboxylic acids is 1. The molecule has 2 aromatic carbocycles. The molecule has 2 aromatic rings. The van der Waals surface area contributed by atoms with Crippen LogP contribution in [0.4, 0.5) is 4.79 Å². The second-order valence-electron chi connectivity index (χ2n) is 9.06. The van der Waals surface area contributed by atoms with Gasteiger partial charge in [0.05, 0.1) is 13.2 Å². The van der Waals surface area contributed by atoms with Gasteiger partial charge in [-0.2, -0.15) is 0 Å². The number of benzene rings is 2. The van der Waals surface area contributed by atoms with Gasteiger partial charge in [-0.25, -0.2) is 4.79 Å². The van der Waals surface area contributed by atoms with Crippen molar-refractivity contribution in [3.63, 3.8) is 0 Å². The fraction of sp³-hybridized carbons (Fsp3) is 0.519. The van der Waals surface area contributed by atoms with Crippen LogP contribution in [0.2, 0.25) is 0 Å². The van der Waals surface area contributed by atoms with Gasteiger partial charge in [0.25, 0.3) is 0 Å². The molecule has 0 unspecified atom stereocenters. The normalized spacial score (nSPS) is 28.6. The summed E-state index contributed by atoms with van der Waals surface area (Å²) in [6.07, 6.45) is 1.96. The topological polar surface area (TPSA) is 135 Å². The summed E-state index contributed by atoms with van der Waals surface area (Å²) in [5, 5.41) is 35.9. The van der Waals surface area contributed by atoms with Crippen LogP contribution < -0.4 is 9.47 Å².